The van der Waals surface area contributed by atoms with Gasteiger partial charge in [-0.05, 0) is 61.4 Å². The number of hydrogen-bond acceptors (Lipinski definition) is 5. The lowest BCUT2D eigenvalue weighted by Crippen LogP contribution is -2.46. The molecule has 3 aromatic rings. The number of thioether (sulfide) groups is 1. The zero-order valence-corrected chi connectivity index (χ0v) is 21.0. The van der Waals surface area contributed by atoms with E-state index in [1.807, 2.05) is 42.7 Å². The van der Waals surface area contributed by atoms with Crippen LogP contribution in [-0.4, -0.2) is 24.1 Å². The minimum atomic E-state index is -4.06. The molecule has 34 heavy (non-hydrogen) atoms. The first-order valence-electron chi connectivity index (χ1n) is 11.0. The molecule has 0 saturated carbocycles. The van der Waals surface area contributed by atoms with Gasteiger partial charge in [0.2, 0.25) is 0 Å². The number of hydrogen-bond donors (Lipinski definition) is 0. The fourth-order valence-electron chi connectivity index (χ4n) is 4.02. The summed E-state index contributed by atoms with van der Waals surface area (Å²) < 4.78 is 31.3. The highest BCUT2D eigenvalue weighted by Crippen LogP contribution is 2.31. The number of rotatable bonds is 4. The van der Waals surface area contributed by atoms with E-state index in [0.717, 1.165) is 20.6 Å². The zero-order chi connectivity index (χ0) is 24.5. The molecule has 4 rings (SSSR count). The van der Waals surface area contributed by atoms with Crippen LogP contribution >= 0.6 is 11.8 Å². The second-order valence-electron chi connectivity index (χ2n) is 8.39. The van der Waals surface area contributed by atoms with E-state index in [4.69, 9.17) is 0 Å². The molecule has 0 N–H and O–H groups in total. The maximum Gasteiger partial charge on any atom is 0.330 e. The van der Waals surface area contributed by atoms with Crippen molar-refractivity contribution in [2.75, 3.05) is 10.8 Å². The lowest BCUT2D eigenvalue weighted by molar-refractivity contribution is 0.584. The number of aromatic nitrogens is 2. The third kappa shape index (κ3) is 4.63. The maximum absolute atomic E-state index is 13.9. The average Bonchev–Trinajstić information content (AvgIpc) is 2.82. The normalized spacial score (nSPS) is 15.6. The predicted octanol–water partition coefficient (Wildman–Crippen LogP) is 3.60. The lowest BCUT2D eigenvalue weighted by Gasteiger charge is -2.30. The molecule has 9 heteroatoms. The summed E-state index contributed by atoms with van der Waals surface area (Å²) in [5, 5.41) is 1.98. The summed E-state index contributed by atoms with van der Waals surface area (Å²) in [6.45, 7) is 1.92. The second-order valence-corrected chi connectivity index (χ2v) is 11.2. The average molecular weight is 498 g/mol. The Balaban J connectivity index is 1.88. The van der Waals surface area contributed by atoms with Gasteiger partial charge in [-0.25, -0.2) is 13.2 Å². The fraction of sp³-hybridized carbons (Fsp3) is 0.280. The molecule has 2 aromatic carbocycles. The van der Waals surface area contributed by atoms with Gasteiger partial charge < -0.3 is 0 Å². The third-order valence-corrected chi connectivity index (χ3v) is 8.74. The highest BCUT2D eigenvalue weighted by Gasteiger charge is 2.33. The van der Waals surface area contributed by atoms with Gasteiger partial charge in [0.15, 0.2) is 0 Å². The Bertz CT molecular complexity index is 1450. The molecule has 2 heterocycles. The molecular weight excluding hydrogens is 470 g/mol. The van der Waals surface area contributed by atoms with Crippen molar-refractivity contribution in [3.8, 4) is 0 Å². The molecule has 178 valence electrons. The van der Waals surface area contributed by atoms with Gasteiger partial charge in [-0.3, -0.25) is 18.2 Å². The summed E-state index contributed by atoms with van der Waals surface area (Å²) in [5.74, 6) is 0. The Morgan fingerprint density at radius 2 is 1.59 bits per heavy atom. The smallest absolute Gasteiger partial charge is 0.298 e. The van der Waals surface area contributed by atoms with Crippen LogP contribution in [0.25, 0.3) is 0 Å². The van der Waals surface area contributed by atoms with Gasteiger partial charge >= 0.3 is 5.69 Å². The van der Waals surface area contributed by atoms with Gasteiger partial charge in [-0.15, -0.1) is 0 Å². The highest BCUT2D eigenvalue weighted by molar-refractivity contribution is 8.02. The SMILES string of the molecule is Cc1ccc(S(=O)(=O)N2C/C(=C\Sc3ccccc3)CCCc3c2c(=O)n(C)c(=O)n3C)cc1. The first kappa shape index (κ1) is 24.1. The molecule has 0 radical (unpaired) electrons. The predicted molar refractivity (Wildman–Crippen MR) is 136 cm³/mol. The van der Waals surface area contributed by atoms with Crippen molar-refractivity contribution in [2.24, 2.45) is 14.1 Å². The quantitative estimate of drug-likeness (QED) is 0.515. The number of benzene rings is 2. The monoisotopic (exact) mass is 497 g/mol. The van der Waals surface area contributed by atoms with E-state index in [-0.39, 0.29) is 17.1 Å². The summed E-state index contributed by atoms with van der Waals surface area (Å²) in [5.41, 5.74) is 1.26. The van der Waals surface area contributed by atoms with Crippen LogP contribution < -0.4 is 15.6 Å². The Hall–Kier alpha value is -3.04. The van der Waals surface area contributed by atoms with E-state index < -0.39 is 21.3 Å². The van der Waals surface area contributed by atoms with Gasteiger partial charge in [0.1, 0.15) is 5.69 Å². The summed E-state index contributed by atoms with van der Waals surface area (Å²) >= 11 is 1.53. The van der Waals surface area contributed by atoms with Crippen LogP contribution in [0.2, 0.25) is 0 Å². The van der Waals surface area contributed by atoms with Crippen molar-refractivity contribution in [3.63, 3.8) is 0 Å². The van der Waals surface area contributed by atoms with Crippen LogP contribution in [0.5, 0.6) is 0 Å². The topological polar surface area (TPSA) is 81.4 Å². The highest BCUT2D eigenvalue weighted by atomic mass is 32.2. The van der Waals surface area contributed by atoms with Crippen LogP contribution in [0.15, 0.2) is 85.0 Å². The molecule has 0 atom stereocenters. The van der Waals surface area contributed by atoms with Crippen LogP contribution in [0.1, 0.15) is 24.1 Å². The molecule has 1 aliphatic rings. The molecule has 0 amide bonds. The zero-order valence-electron chi connectivity index (χ0n) is 19.4. The molecular formula is C25H27N3O4S2. The fourth-order valence-corrected chi connectivity index (χ4v) is 6.32. The molecule has 0 saturated heterocycles. The lowest BCUT2D eigenvalue weighted by atomic mass is 10.0. The summed E-state index contributed by atoms with van der Waals surface area (Å²) in [4.78, 5) is 27.0. The van der Waals surface area contributed by atoms with Gasteiger partial charge in [-0.2, -0.15) is 0 Å². The van der Waals surface area contributed by atoms with Crippen molar-refractivity contribution in [3.05, 3.63) is 97.7 Å². The van der Waals surface area contributed by atoms with Gasteiger partial charge in [0.05, 0.1) is 17.1 Å². The van der Waals surface area contributed by atoms with Crippen molar-refractivity contribution in [1.29, 1.82) is 0 Å². The molecule has 7 nitrogen and oxygen atoms in total. The Labute approximate surface area is 203 Å². The molecule has 0 aliphatic carbocycles. The molecule has 1 aromatic heterocycles. The number of aryl methyl sites for hydroxylation is 1. The van der Waals surface area contributed by atoms with Crippen LogP contribution in [0.4, 0.5) is 5.69 Å². The Morgan fingerprint density at radius 3 is 2.26 bits per heavy atom. The van der Waals surface area contributed by atoms with Crippen LogP contribution in [0.3, 0.4) is 0 Å². The first-order valence-corrected chi connectivity index (χ1v) is 13.3. The van der Waals surface area contributed by atoms with Crippen LogP contribution in [-0.2, 0) is 30.5 Å². The number of sulfonamides is 1. The third-order valence-electron chi connectivity index (χ3n) is 5.98. The molecule has 0 spiro atoms. The van der Waals surface area contributed by atoms with Gasteiger partial charge in [0.25, 0.3) is 15.6 Å². The van der Waals surface area contributed by atoms with Crippen molar-refractivity contribution < 1.29 is 8.42 Å². The molecule has 0 bridgehead atoms. The molecule has 0 fully saturated rings. The van der Waals surface area contributed by atoms with E-state index in [1.54, 1.807) is 31.3 Å². The Kier molecular flexibility index (Phi) is 6.86. The molecule has 0 unspecified atom stereocenters. The van der Waals surface area contributed by atoms with E-state index in [2.05, 4.69) is 0 Å². The van der Waals surface area contributed by atoms with E-state index in [9.17, 15) is 18.0 Å². The largest absolute Gasteiger partial charge is 0.330 e. The number of anilines is 1. The minimum absolute atomic E-state index is 0.0382. The van der Waals surface area contributed by atoms with Crippen molar-refractivity contribution in [2.45, 2.75) is 36.0 Å². The van der Waals surface area contributed by atoms with E-state index >= 15 is 0 Å². The summed E-state index contributed by atoms with van der Waals surface area (Å²) in [6, 6.07) is 16.4. The van der Waals surface area contributed by atoms with Gasteiger partial charge in [-0.1, -0.05) is 47.7 Å². The minimum Gasteiger partial charge on any atom is -0.298 e. The number of nitrogens with zero attached hydrogens (tertiary/aromatic N) is 3. The van der Waals surface area contributed by atoms with Gasteiger partial charge in [0, 0.05) is 19.0 Å². The van der Waals surface area contributed by atoms with E-state index in [1.165, 1.54) is 27.7 Å². The summed E-state index contributed by atoms with van der Waals surface area (Å²) in [7, 11) is -1.10. The van der Waals surface area contributed by atoms with Crippen molar-refractivity contribution >= 4 is 27.5 Å². The van der Waals surface area contributed by atoms with E-state index in [0.29, 0.717) is 25.0 Å². The first-order chi connectivity index (χ1) is 16.2. The second kappa shape index (κ2) is 9.68. The van der Waals surface area contributed by atoms with Crippen molar-refractivity contribution in [1.82, 2.24) is 9.13 Å². The molecule has 1 aliphatic heterocycles. The Morgan fingerprint density at radius 1 is 0.912 bits per heavy atom. The summed E-state index contributed by atoms with van der Waals surface area (Å²) in [6.07, 6.45) is 1.78. The standard InChI is InChI=1S/C25H27N3O4S2/c1-18-12-14-21(15-13-18)34(31,32)28-16-19(17-33-20-9-5-4-6-10-20)8-7-11-22-23(28)24(29)27(3)25(30)26(22)2/h4-6,9-10,12-15,17H,7-8,11,16H2,1-3H3/b19-17-. The van der Waals surface area contributed by atoms with Crippen LogP contribution in [0, 0.1) is 6.92 Å². The number of fused-ring (bicyclic) bond motifs is 1. The maximum atomic E-state index is 13.9.